The Bertz CT molecular complexity index is 1560. The summed E-state index contributed by atoms with van der Waals surface area (Å²) in [5.74, 6) is 0.829. The Balaban J connectivity index is 1.38. The van der Waals surface area contributed by atoms with Crippen LogP contribution in [0.4, 0.5) is 0 Å². The molecule has 2 bridgehead atoms. The molecule has 2 N–H and O–H groups in total. The smallest absolute Gasteiger partial charge is 0.314 e. The van der Waals surface area contributed by atoms with Crippen LogP contribution in [-0.2, 0) is 38.6 Å². The molecule has 1 aromatic carbocycles. The van der Waals surface area contributed by atoms with Crippen LogP contribution in [0.1, 0.15) is 80.1 Å². The normalized spacial score (nSPS) is 21.0. The molecule has 3 heterocycles. The molecule has 1 fully saturated rings. The minimum Gasteiger partial charge on any atom is -0.493 e. The highest BCUT2D eigenvalue weighted by Crippen LogP contribution is 2.43. The molecule has 0 saturated heterocycles. The van der Waals surface area contributed by atoms with Crippen LogP contribution >= 0.6 is 0 Å². The van der Waals surface area contributed by atoms with Crippen molar-refractivity contribution in [3.8, 4) is 17.4 Å². The molecule has 1 atom stereocenters. The number of carbonyl (C=O) groups is 4. The summed E-state index contributed by atoms with van der Waals surface area (Å²) in [5.41, 5.74) is 1.86. The number of esters is 1. The van der Waals surface area contributed by atoms with Gasteiger partial charge in [-0.1, -0.05) is 18.9 Å². The molecule has 5 rings (SSSR count). The van der Waals surface area contributed by atoms with Gasteiger partial charge in [-0.2, -0.15) is 0 Å². The van der Waals surface area contributed by atoms with Crippen molar-refractivity contribution in [3.05, 3.63) is 46.6 Å². The third kappa shape index (κ3) is 9.04. The van der Waals surface area contributed by atoms with Crippen molar-refractivity contribution in [1.29, 1.82) is 0 Å². The first kappa shape index (κ1) is 36.9. The van der Waals surface area contributed by atoms with Crippen molar-refractivity contribution < 1.29 is 38.1 Å². The van der Waals surface area contributed by atoms with E-state index < -0.39 is 5.41 Å². The standard InChI is InChI=1S/C37H51N5O8/c1-6-49-36(46)37(18-25-9-10-25)19-26-11-12-30(47-4)31(16-26)50-22-33(44)38-13-15-41(14-7-8-32(43)39-23-37)20-27-17-28-29(40-34(27)48-5)21-42(24(2)3)35(28)45/h11-12,16-17,24-25H,6-10,13-15,18-23H2,1-5H3,(H,38,44)(H,39,43). The number of hydrogen-bond donors (Lipinski definition) is 2. The van der Waals surface area contributed by atoms with Gasteiger partial charge in [-0.25, -0.2) is 4.98 Å². The quantitative estimate of drug-likeness (QED) is 0.375. The number of nitrogens with zero attached hydrogens (tertiary/aromatic N) is 3. The highest BCUT2D eigenvalue weighted by molar-refractivity contribution is 5.98. The lowest BCUT2D eigenvalue weighted by atomic mass is 9.76. The van der Waals surface area contributed by atoms with E-state index >= 15 is 0 Å². The first-order chi connectivity index (χ1) is 24.0. The van der Waals surface area contributed by atoms with Crippen molar-refractivity contribution in [1.82, 2.24) is 25.4 Å². The SMILES string of the molecule is CCOC(=O)C1(CC2CC2)CNC(=O)CCCN(Cc2cc3c(nc2OC)CN(C(C)C)C3=O)CCNC(=O)COc2cc(ccc2OC)C1. The highest BCUT2D eigenvalue weighted by atomic mass is 16.5. The van der Waals surface area contributed by atoms with E-state index in [4.69, 9.17) is 18.9 Å². The summed E-state index contributed by atoms with van der Waals surface area (Å²) in [6, 6.07) is 7.33. The first-order valence-electron chi connectivity index (χ1n) is 17.7. The maximum absolute atomic E-state index is 13.7. The second-order valence-corrected chi connectivity index (χ2v) is 13.8. The van der Waals surface area contributed by atoms with E-state index in [1.54, 1.807) is 31.1 Å². The molecule has 2 aromatic rings. The molecule has 1 aromatic heterocycles. The van der Waals surface area contributed by atoms with E-state index in [2.05, 4.69) is 20.5 Å². The van der Waals surface area contributed by atoms with E-state index in [-0.39, 0.29) is 55.9 Å². The number of rotatable bonds is 9. The van der Waals surface area contributed by atoms with Crippen molar-refractivity contribution >= 4 is 23.7 Å². The van der Waals surface area contributed by atoms with Crippen LogP contribution in [-0.4, -0.2) is 98.1 Å². The average molecular weight is 694 g/mol. The molecular formula is C37H51N5O8. The number of fused-ring (bicyclic) bond motifs is 3. The van der Waals surface area contributed by atoms with Gasteiger partial charge in [0.25, 0.3) is 11.8 Å². The van der Waals surface area contributed by atoms with Gasteiger partial charge in [0.15, 0.2) is 18.1 Å². The molecule has 0 spiro atoms. The molecule has 272 valence electrons. The summed E-state index contributed by atoms with van der Waals surface area (Å²) in [7, 11) is 3.09. The lowest BCUT2D eigenvalue weighted by molar-refractivity contribution is -0.156. The number of hydrogen-bond acceptors (Lipinski definition) is 10. The minimum absolute atomic E-state index is 0.0385. The van der Waals surface area contributed by atoms with Crippen molar-refractivity contribution in [2.45, 2.75) is 78.4 Å². The van der Waals surface area contributed by atoms with Crippen LogP contribution in [0.5, 0.6) is 17.4 Å². The minimum atomic E-state index is -0.965. The first-order valence-corrected chi connectivity index (χ1v) is 17.7. The Morgan fingerprint density at radius 3 is 2.58 bits per heavy atom. The fourth-order valence-corrected chi connectivity index (χ4v) is 6.78. The lowest BCUT2D eigenvalue weighted by Crippen LogP contribution is -2.46. The van der Waals surface area contributed by atoms with Crippen LogP contribution < -0.4 is 24.8 Å². The third-order valence-electron chi connectivity index (χ3n) is 9.63. The Morgan fingerprint density at radius 1 is 1.08 bits per heavy atom. The van der Waals surface area contributed by atoms with Gasteiger partial charge in [0.1, 0.15) is 0 Å². The number of pyridine rings is 1. The van der Waals surface area contributed by atoms with Gasteiger partial charge >= 0.3 is 5.97 Å². The van der Waals surface area contributed by atoms with Crippen LogP contribution in [0.3, 0.4) is 0 Å². The van der Waals surface area contributed by atoms with Crippen LogP contribution in [0.2, 0.25) is 0 Å². The van der Waals surface area contributed by atoms with Gasteiger partial charge in [-0.3, -0.25) is 24.1 Å². The Hall–Kier alpha value is -4.39. The number of nitrogens with one attached hydrogen (secondary N) is 2. The molecule has 50 heavy (non-hydrogen) atoms. The summed E-state index contributed by atoms with van der Waals surface area (Å²) in [4.78, 5) is 61.6. The summed E-state index contributed by atoms with van der Waals surface area (Å²) in [6.07, 6.45) is 3.76. The highest BCUT2D eigenvalue weighted by Gasteiger charge is 2.45. The average Bonchev–Trinajstić information content (AvgIpc) is 3.85. The van der Waals surface area contributed by atoms with Gasteiger partial charge in [0.2, 0.25) is 11.8 Å². The number of aromatic nitrogens is 1. The summed E-state index contributed by atoms with van der Waals surface area (Å²) < 4.78 is 22.7. The predicted octanol–water partition coefficient (Wildman–Crippen LogP) is 3.26. The maximum Gasteiger partial charge on any atom is 0.314 e. The Kier molecular flexibility index (Phi) is 12.2. The number of amides is 3. The summed E-state index contributed by atoms with van der Waals surface area (Å²) in [6.45, 7) is 8.03. The third-order valence-corrected chi connectivity index (χ3v) is 9.63. The van der Waals surface area contributed by atoms with Crippen LogP contribution in [0.15, 0.2) is 24.3 Å². The zero-order chi connectivity index (χ0) is 35.8. The number of ether oxygens (including phenoxy) is 4. The molecular weight excluding hydrogens is 642 g/mol. The number of carbonyl (C=O) groups excluding carboxylic acids is 4. The largest absolute Gasteiger partial charge is 0.493 e. The van der Waals surface area contributed by atoms with Crippen molar-refractivity contribution in [2.24, 2.45) is 11.3 Å². The number of methoxy groups -OCH3 is 2. The van der Waals surface area contributed by atoms with E-state index in [0.717, 1.165) is 24.0 Å². The summed E-state index contributed by atoms with van der Waals surface area (Å²) >= 11 is 0. The molecule has 1 aliphatic carbocycles. The van der Waals surface area contributed by atoms with Gasteiger partial charge in [0, 0.05) is 44.2 Å². The molecule has 13 heteroatoms. The zero-order valence-electron chi connectivity index (χ0n) is 30.0. The molecule has 3 aliphatic rings. The van der Waals surface area contributed by atoms with E-state index in [0.29, 0.717) is 86.5 Å². The fourth-order valence-electron chi connectivity index (χ4n) is 6.78. The van der Waals surface area contributed by atoms with Gasteiger partial charge in [0.05, 0.1) is 44.0 Å². The lowest BCUT2D eigenvalue weighted by Gasteiger charge is -2.32. The Labute approximate surface area is 294 Å². The predicted molar refractivity (Wildman–Crippen MR) is 185 cm³/mol. The van der Waals surface area contributed by atoms with Gasteiger partial charge < -0.3 is 34.5 Å². The topological polar surface area (TPSA) is 149 Å². The van der Waals surface area contributed by atoms with Crippen LogP contribution in [0, 0.1) is 11.3 Å². The van der Waals surface area contributed by atoms with Crippen molar-refractivity contribution in [3.63, 3.8) is 0 Å². The van der Waals surface area contributed by atoms with Crippen LogP contribution in [0.25, 0.3) is 0 Å². The summed E-state index contributed by atoms with van der Waals surface area (Å²) in [5, 5.41) is 6.00. The molecule has 0 radical (unpaired) electrons. The van der Waals surface area contributed by atoms with E-state index in [1.165, 1.54) is 7.11 Å². The van der Waals surface area contributed by atoms with Gasteiger partial charge in [-0.05, 0) is 76.3 Å². The molecule has 1 saturated carbocycles. The monoisotopic (exact) mass is 693 g/mol. The Morgan fingerprint density at radius 2 is 1.88 bits per heavy atom. The second kappa shape index (κ2) is 16.5. The van der Waals surface area contributed by atoms with Crippen molar-refractivity contribution in [2.75, 3.05) is 53.6 Å². The molecule has 3 amide bonds. The molecule has 1 unspecified atom stereocenters. The fraction of sp³-hybridized carbons (Fsp3) is 0.595. The van der Waals surface area contributed by atoms with E-state index in [1.807, 2.05) is 26.0 Å². The molecule has 13 nitrogen and oxygen atoms in total. The zero-order valence-corrected chi connectivity index (χ0v) is 30.0. The van der Waals surface area contributed by atoms with Gasteiger partial charge in [-0.15, -0.1) is 0 Å². The second-order valence-electron chi connectivity index (χ2n) is 13.8. The number of benzene rings is 1. The molecule has 2 aliphatic heterocycles. The maximum atomic E-state index is 13.7. The van der Waals surface area contributed by atoms with E-state index in [9.17, 15) is 19.2 Å².